The molecular weight excluding hydrogens is 376 g/mol. The maximum Gasteiger partial charge on any atom is 0.146 e. The third kappa shape index (κ3) is 4.44. The molecule has 0 saturated heterocycles. The van der Waals surface area contributed by atoms with Gasteiger partial charge in [-0.1, -0.05) is 18.2 Å². The molecule has 0 spiro atoms. The fourth-order valence-corrected chi connectivity index (χ4v) is 3.53. The molecule has 0 fully saturated rings. The number of rotatable bonds is 8. The number of benzene rings is 2. The Kier molecular flexibility index (Phi) is 5.95. The summed E-state index contributed by atoms with van der Waals surface area (Å²) in [7, 11) is 3.62. The minimum atomic E-state index is 0.457. The Labute approximate surface area is 176 Å². The Morgan fingerprint density at radius 1 is 1.00 bits per heavy atom. The minimum Gasteiger partial charge on any atom is -0.497 e. The Morgan fingerprint density at radius 2 is 1.83 bits per heavy atom. The van der Waals surface area contributed by atoms with E-state index in [2.05, 4.69) is 34.3 Å². The van der Waals surface area contributed by atoms with E-state index in [4.69, 9.17) is 15.2 Å². The van der Waals surface area contributed by atoms with E-state index in [1.807, 2.05) is 42.1 Å². The van der Waals surface area contributed by atoms with Gasteiger partial charge in [-0.15, -0.1) is 0 Å². The molecule has 0 amide bonds. The van der Waals surface area contributed by atoms with Crippen LogP contribution in [0.3, 0.4) is 0 Å². The number of methoxy groups -OCH3 is 1. The number of aromatic nitrogens is 3. The van der Waals surface area contributed by atoms with E-state index in [-0.39, 0.29) is 0 Å². The summed E-state index contributed by atoms with van der Waals surface area (Å²) in [5, 5.41) is 5.51. The van der Waals surface area contributed by atoms with Crippen LogP contribution in [0.2, 0.25) is 0 Å². The van der Waals surface area contributed by atoms with Crippen molar-refractivity contribution in [2.45, 2.75) is 26.0 Å². The lowest BCUT2D eigenvalue weighted by atomic mass is 10.0. The number of aryl methyl sites for hydroxylation is 3. The molecule has 2 aromatic heterocycles. The molecule has 30 heavy (non-hydrogen) atoms. The topological polar surface area (TPSA) is 75.2 Å². The van der Waals surface area contributed by atoms with Gasteiger partial charge in [-0.3, -0.25) is 9.67 Å². The summed E-state index contributed by atoms with van der Waals surface area (Å²) in [6, 6.07) is 18.3. The molecule has 0 aliphatic heterocycles. The lowest BCUT2D eigenvalue weighted by Gasteiger charge is -2.12. The molecule has 0 unspecified atom stereocenters. The van der Waals surface area contributed by atoms with Gasteiger partial charge in [0.2, 0.25) is 0 Å². The number of ether oxygens (including phenoxy) is 2. The molecular formula is C24H26N4O2. The van der Waals surface area contributed by atoms with Crippen LogP contribution in [0, 0.1) is 0 Å². The Morgan fingerprint density at radius 3 is 2.57 bits per heavy atom. The average Bonchev–Trinajstić information content (AvgIpc) is 3.16. The predicted molar refractivity (Wildman–Crippen MR) is 118 cm³/mol. The molecule has 2 aromatic carbocycles. The molecule has 6 nitrogen and oxygen atoms in total. The summed E-state index contributed by atoms with van der Waals surface area (Å²) >= 11 is 0. The van der Waals surface area contributed by atoms with Crippen molar-refractivity contribution < 1.29 is 9.47 Å². The van der Waals surface area contributed by atoms with Gasteiger partial charge < -0.3 is 15.2 Å². The largest absolute Gasteiger partial charge is 0.497 e. The van der Waals surface area contributed by atoms with Gasteiger partial charge in [0.1, 0.15) is 23.6 Å². The highest BCUT2D eigenvalue weighted by atomic mass is 16.5. The molecule has 6 heteroatoms. The number of hydrogen-bond donors (Lipinski definition) is 1. The van der Waals surface area contributed by atoms with Gasteiger partial charge in [-0.25, -0.2) is 0 Å². The normalized spacial score (nSPS) is 11.0. The zero-order valence-electron chi connectivity index (χ0n) is 17.3. The van der Waals surface area contributed by atoms with Crippen molar-refractivity contribution >= 4 is 10.9 Å². The first-order chi connectivity index (χ1) is 14.7. The number of pyridine rings is 1. The second-order valence-corrected chi connectivity index (χ2v) is 7.26. The average molecular weight is 402 g/mol. The van der Waals surface area contributed by atoms with E-state index in [0.717, 1.165) is 46.5 Å². The molecule has 0 radical (unpaired) electrons. The molecule has 154 valence electrons. The van der Waals surface area contributed by atoms with E-state index in [0.29, 0.717) is 13.2 Å². The summed E-state index contributed by atoms with van der Waals surface area (Å²) in [4.78, 5) is 4.54. The van der Waals surface area contributed by atoms with Crippen molar-refractivity contribution in [2.75, 3.05) is 7.11 Å². The first-order valence-electron chi connectivity index (χ1n) is 10.0. The Balaban J connectivity index is 1.54. The smallest absolute Gasteiger partial charge is 0.146 e. The van der Waals surface area contributed by atoms with Crippen LogP contribution in [0.25, 0.3) is 10.9 Å². The molecule has 0 bridgehead atoms. The standard InChI is InChI=1S/C24H26N4O2/c1-28-21(14-20(15-25)27-28)8-5-18-12-19-4-3-11-26-24(19)23(13-18)30-16-17-6-9-22(29-2)10-7-17/h3-4,6-7,9-14H,5,8,15-16,25H2,1-2H3. The van der Waals surface area contributed by atoms with Crippen LogP contribution in [-0.4, -0.2) is 21.9 Å². The number of hydrogen-bond acceptors (Lipinski definition) is 5. The lowest BCUT2D eigenvalue weighted by molar-refractivity contribution is 0.309. The van der Waals surface area contributed by atoms with Crippen LogP contribution in [0.15, 0.2) is 60.8 Å². The van der Waals surface area contributed by atoms with Crippen LogP contribution >= 0.6 is 0 Å². The predicted octanol–water partition coefficient (Wildman–Crippen LogP) is 3.80. The fraction of sp³-hybridized carbons (Fsp3) is 0.250. The second-order valence-electron chi connectivity index (χ2n) is 7.26. The molecule has 0 aliphatic rings. The zero-order chi connectivity index (χ0) is 20.9. The van der Waals surface area contributed by atoms with Crippen molar-refractivity contribution in [3.05, 3.63) is 83.3 Å². The van der Waals surface area contributed by atoms with E-state index in [1.165, 1.54) is 11.3 Å². The van der Waals surface area contributed by atoms with E-state index in [1.54, 1.807) is 13.3 Å². The quantitative estimate of drug-likeness (QED) is 0.485. The van der Waals surface area contributed by atoms with Gasteiger partial charge in [0.05, 0.1) is 12.8 Å². The van der Waals surface area contributed by atoms with Crippen molar-refractivity contribution in [3.8, 4) is 11.5 Å². The number of nitrogens with two attached hydrogens (primary N) is 1. The number of nitrogens with zero attached hydrogens (tertiary/aromatic N) is 3. The molecule has 2 heterocycles. The van der Waals surface area contributed by atoms with Gasteiger partial charge in [0.15, 0.2) is 0 Å². The zero-order valence-corrected chi connectivity index (χ0v) is 17.3. The van der Waals surface area contributed by atoms with E-state index in [9.17, 15) is 0 Å². The van der Waals surface area contributed by atoms with E-state index >= 15 is 0 Å². The van der Waals surface area contributed by atoms with Crippen LogP contribution in [-0.2, 0) is 33.0 Å². The third-order valence-electron chi connectivity index (χ3n) is 5.19. The highest BCUT2D eigenvalue weighted by Gasteiger charge is 2.10. The van der Waals surface area contributed by atoms with Gasteiger partial charge in [0.25, 0.3) is 0 Å². The summed E-state index contributed by atoms with van der Waals surface area (Å²) < 4.78 is 13.3. The molecule has 4 rings (SSSR count). The van der Waals surface area contributed by atoms with Crippen molar-refractivity contribution in [2.24, 2.45) is 12.8 Å². The molecule has 0 atom stereocenters. The first-order valence-corrected chi connectivity index (χ1v) is 10.0. The fourth-order valence-electron chi connectivity index (χ4n) is 3.53. The Bertz CT molecular complexity index is 1140. The summed E-state index contributed by atoms with van der Waals surface area (Å²) in [5.74, 6) is 1.63. The van der Waals surface area contributed by atoms with Crippen molar-refractivity contribution in [1.29, 1.82) is 0 Å². The second kappa shape index (κ2) is 8.97. The minimum absolute atomic E-state index is 0.457. The molecule has 2 N–H and O–H groups in total. The maximum atomic E-state index is 6.18. The van der Waals surface area contributed by atoms with Gasteiger partial charge in [0, 0.05) is 30.9 Å². The van der Waals surface area contributed by atoms with Gasteiger partial charge in [-0.2, -0.15) is 5.10 Å². The monoisotopic (exact) mass is 402 g/mol. The maximum absolute atomic E-state index is 6.18. The van der Waals surface area contributed by atoms with Crippen LogP contribution < -0.4 is 15.2 Å². The summed E-state index contributed by atoms with van der Waals surface area (Å²) in [6.07, 6.45) is 3.56. The first kappa shape index (κ1) is 19.9. The van der Waals surface area contributed by atoms with Gasteiger partial charge in [-0.05, 0) is 60.4 Å². The van der Waals surface area contributed by atoms with E-state index < -0.39 is 0 Å². The third-order valence-corrected chi connectivity index (χ3v) is 5.19. The summed E-state index contributed by atoms with van der Waals surface area (Å²) in [5.41, 5.74) is 11.0. The highest BCUT2D eigenvalue weighted by Crippen LogP contribution is 2.27. The van der Waals surface area contributed by atoms with Crippen LogP contribution in [0.5, 0.6) is 11.5 Å². The van der Waals surface area contributed by atoms with Gasteiger partial charge >= 0.3 is 0 Å². The van der Waals surface area contributed by atoms with Crippen molar-refractivity contribution in [3.63, 3.8) is 0 Å². The molecule has 4 aromatic rings. The molecule has 0 aliphatic carbocycles. The van der Waals surface area contributed by atoms with Crippen LogP contribution in [0.1, 0.15) is 22.5 Å². The lowest BCUT2D eigenvalue weighted by Crippen LogP contribution is -2.02. The van der Waals surface area contributed by atoms with Crippen LogP contribution in [0.4, 0.5) is 0 Å². The highest BCUT2D eigenvalue weighted by molar-refractivity contribution is 5.85. The van der Waals surface area contributed by atoms with Crippen molar-refractivity contribution in [1.82, 2.24) is 14.8 Å². The molecule has 0 saturated carbocycles. The number of fused-ring (bicyclic) bond motifs is 1. The SMILES string of the molecule is COc1ccc(COc2cc(CCc3cc(CN)nn3C)cc3cccnc23)cc1. The Hall–Kier alpha value is -3.38. The summed E-state index contributed by atoms with van der Waals surface area (Å²) in [6.45, 7) is 0.930.